The quantitative estimate of drug-likeness (QED) is 0.270. The summed E-state index contributed by atoms with van der Waals surface area (Å²) in [6.07, 6.45) is 16.4. The number of aryl methyl sites for hydroxylation is 3. The molecule has 0 saturated carbocycles. The molecule has 4 N–H and O–H groups in total. The molecular weight excluding hydrogens is 426 g/mol. The van der Waals surface area contributed by atoms with Gasteiger partial charge in [-0.25, -0.2) is 4.98 Å². The third-order valence-corrected chi connectivity index (χ3v) is 6.01. The molecule has 0 aliphatic carbocycles. The highest BCUT2D eigenvalue weighted by atomic mass is 16.1. The van der Waals surface area contributed by atoms with Crippen molar-refractivity contribution in [3.05, 3.63) is 59.2 Å². The van der Waals surface area contributed by atoms with Crippen LogP contribution >= 0.6 is 0 Å². The number of imidazole rings is 1. The fourth-order valence-electron chi connectivity index (χ4n) is 4.00. The van der Waals surface area contributed by atoms with Crippen molar-refractivity contribution in [1.29, 1.82) is 0 Å². The van der Waals surface area contributed by atoms with Crippen LogP contribution in [-0.4, -0.2) is 37.4 Å². The number of rotatable bonds is 16. The number of aromatic nitrogens is 5. The Hall–Kier alpha value is -3.16. The lowest BCUT2D eigenvalue weighted by Crippen LogP contribution is -2.27. The van der Waals surface area contributed by atoms with Crippen molar-refractivity contribution in [3.8, 4) is 0 Å². The summed E-state index contributed by atoms with van der Waals surface area (Å²) in [5.74, 6) is 0.428. The summed E-state index contributed by atoms with van der Waals surface area (Å²) in [5, 5.41) is 11.4. The molecule has 8 heteroatoms. The smallest absolute Gasteiger partial charge is 0.251 e. The third kappa shape index (κ3) is 9.00. The van der Waals surface area contributed by atoms with E-state index in [1.165, 1.54) is 37.7 Å². The highest BCUT2D eigenvalue weighted by Crippen LogP contribution is 2.11. The van der Waals surface area contributed by atoms with Crippen LogP contribution in [-0.2, 0) is 25.8 Å². The van der Waals surface area contributed by atoms with E-state index in [4.69, 9.17) is 5.73 Å². The van der Waals surface area contributed by atoms with Gasteiger partial charge < -0.3 is 16.0 Å². The molecule has 1 amide bonds. The maximum Gasteiger partial charge on any atom is 0.251 e. The van der Waals surface area contributed by atoms with E-state index in [2.05, 4.69) is 44.7 Å². The predicted molar refractivity (Wildman–Crippen MR) is 136 cm³/mol. The normalized spacial score (nSPS) is 11.1. The number of anilines is 1. The molecule has 0 spiro atoms. The van der Waals surface area contributed by atoms with Crippen molar-refractivity contribution in [1.82, 2.24) is 30.3 Å². The van der Waals surface area contributed by atoms with Crippen molar-refractivity contribution >= 4 is 11.9 Å². The number of amides is 1. The van der Waals surface area contributed by atoms with E-state index in [0.717, 1.165) is 49.9 Å². The number of hydrogen-bond donors (Lipinski definition) is 3. The highest BCUT2D eigenvalue weighted by Gasteiger charge is 2.06. The zero-order valence-electron chi connectivity index (χ0n) is 20.4. The zero-order chi connectivity index (χ0) is 24.0. The molecule has 2 aromatic heterocycles. The SMILES string of the molecule is CCCCCCCc1ccc(C(=O)NCCn2cc(CCCCCc3c[nH]c(N)n3)nn2)cc1. The van der Waals surface area contributed by atoms with E-state index < -0.39 is 0 Å². The molecular formula is C26H39N7O. The summed E-state index contributed by atoms with van der Waals surface area (Å²) >= 11 is 0. The van der Waals surface area contributed by atoms with Gasteiger partial charge in [0.25, 0.3) is 5.91 Å². The van der Waals surface area contributed by atoms with E-state index in [0.29, 0.717) is 24.6 Å². The Morgan fingerprint density at radius 3 is 2.41 bits per heavy atom. The minimum absolute atomic E-state index is 0.0477. The van der Waals surface area contributed by atoms with Gasteiger partial charge in [0, 0.05) is 24.5 Å². The molecule has 3 rings (SSSR count). The van der Waals surface area contributed by atoms with Crippen LogP contribution in [0.1, 0.15) is 85.6 Å². The highest BCUT2D eigenvalue weighted by molar-refractivity contribution is 5.94. The molecule has 34 heavy (non-hydrogen) atoms. The summed E-state index contributed by atoms with van der Waals surface area (Å²) < 4.78 is 1.80. The molecule has 3 aromatic rings. The summed E-state index contributed by atoms with van der Waals surface area (Å²) in [6.45, 7) is 3.36. The van der Waals surface area contributed by atoms with Gasteiger partial charge in [0.2, 0.25) is 0 Å². The fourth-order valence-corrected chi connectivity index (χ4v) is 4.00. The van der Waals surface area contributed by atoms with E-state index in [-0.39, 0.29) is 5.91 Å². The van der Waals surface area contributed by atoms with Crippen molar-refractivity contribution in [2.24, 2.45) is 0 Å². The van der Waals surface area contributed by atoms with E-state index >= 15 is 0 Å². The molecule has 8 nitrogen and oxygen atoms in total. The number of unbranched alkanes of at least 4 members (excludes halogenated alkanes) is 6. The first kappa shape index (κ1) is 25.5. The number of H-pyrrole nitrogens is 1. The minimum atomic E-state index is -0.0477. The molecule has 0 aliphatic rings. The van der Waals surface area contributed by atoms with Gasteiger partial charge in [-0.05, 0) is 56.2 Å². The van der Waals surface area contributed by atoms with Crippen LogP contribution in [0.3, 0.4) is 0 Å². The maximum atomic E-state index is 12.4. The van der Waals surface area contributed by atoms with Gasteiger partial charge in [0.05, 0.1) is 17.9 Å². The van der Waals surface area contributed by atoms with Gasteiger partial charge >= 0.3 is 0 Å². The van der Waals surface area contributed by atoms with Crippen LogP contribution < -0.4 is 11.1 Å². The van der Waals surface area contributed by atoms with Crippen LogP contribution in [0.25, 0.3) is 0 Å². The topological polar surface area (TPSA) is 115 Å². The van der Waals surface area contributed by atoms with Crippen molar-refractivity contribution in [3.63, 3.8) is 0 Å². The van der Waals surface area contributed by atoms with Crippen molar-refractivity contribution in [2.75, 3.05) is 12.3 Å². The number of nitrogens with one attached hydrogen (secondary N) is 2. The van der Waals surface area contributed by atoms with E-state index in [1.807, 2.05) is 24.5 Å². The molecule has 2 heterocycles. The minimum Gasteiger partial charge on any atom is -0.369 e. The van der Waals surface area contributed by atoms with Gasteiger partial charge in [-0.1, -0.05) is 56.4 Å². The average Bonchev–Trinajstić information content (AvgIpc) is 3.47. The number of nitrogen functional groups attached to an aromatic ring is 1. The number of benzene rings is 1. The second kappa shape index (κ2) is 14.2. The van der Waals surface area contributed by atoms with Crippen LogP contribution in [0.2, 0.25) is 0 Å². The van der Waals surface area contributed by atoms with Gasteiger partial charge in [-0.15, -0.1) is 5.10 Å². The van der Waals surface area contributed by atoms with Crippen LogP contribution in [0, 0.1) is 0 Å². The van der Waals surface area contributed by atoms with Gasteiger partial charge in [0.15, 0.2) is 5.95 Å². The maximum absolute atomic E-state index is 12.4. The molecule has 0 bridgehead atoms. The second-order valence-electron chi connectivity index (χ2n) is 8.93. The zero-order valence-corrected chi connectivity index (χ0v) is 20.4. The summed E-state index contributed by atoms with van der Waals surface area (Å²) in [4.78, 5) is 19.5. The summed E-state index contributed by atoms with van der Waals surface area (Å²) in [6, 6.07) is 7.99. The van der Waals surface area contributed by atoms with Gasteiger partial charge in [-0.2, -0.15) is 0 Å². The number of aromatic amines is 1. The first-order chi connectivity index (χ1) is 16.6. The summed E-state index contributed by atoms with van der Waals surface area (Å²) in [7, 11) is 0. The Morgan fingerprint density at radius 2 is 1.68 bits per heavy atom. The lowest BCUT2D eigenvalue weighted by atomic mass is 10.0. The first-order valence-corrected chi connectivity index (χ1v) is 12.7. The Balaban J connectivity index is 1.28. The number of carbonyl (C=O) groups is 1. The van der Waals surface area contributed by atoms with Crippen LogP contribution in [0.15, 0.2) is 36.7 Å². The molecule has 0 unspecified atom stereocenters. The Kier molecular flexibility index (Phi) is 10.6. The van der Waals surface area contributed by atoms with Gasteiger partial charge in [0.1, 0.15) is 0 Å². The van der Waals surface area contributed by atoms with E-state index in [1.54, 1.807) is 4.68 Å². The fraction of sp³-hybridized carbons (Fsp3) is 0.538. The monoisotopic (exact) mass is 465 g/mol. The van der Waals surface area contributed by atoms with Crippen LogP contribution in [0.5, 0.6) is 0 Å². The Labute approximate surface area is 202 Å². The molecule has 0 fully saturated rings. The molecule has 0 atom stereocenters. The van der Waals surface area contributed by atoms with Crippen LogP contribution in [0.4, 0.5) is 5.95 Å². The lowest BCUT2D eigenvalue weighted by molar-refractivity contribution is 0.0952. The van der Waals surface area contributed by atoms with Gasteiger partial charge in [-0.3, -0.25) is 9.48 Å². The predicted octanol–water partition coefficient (Wildman–Crippen LogP) is 4.48. The second-order valence-corrected chi connectivity index (χ2v) is 8.93. The van der Waals surface area contributed by atoms with E-state index in [9.17, 15) is 4.79 Å². The summed E-state index contributed by atoms with van der Waals surface area (Å²) in [5.41, 5.74) is 9.59. The Bertz CT molecular complexity index is 977. The number of nitrogens with two attached hydrogens (primary N) is 1. The largest absolute Gasteiger partial charge is 0.369 e. The Morgan fingerprint density at radius 1 is 0.971 bits per heavy atom. The molecule has 0 radical (unpaired) electrons. The lowest BCUT2D eigenvalue weighted by Gasteiger charge is -2.06. The molecule has 184 valence electrons. The number of nitrogens with zero attached hydrogens (tertiary/aromatic N) is 4. The number of hydrogen-bond acceptors (Lipinski definition) is 5. The number of carbonyl (C=O) groups excluding carboxylic acids is 1. The standard InChI is InChI=1S/C26H39N7O/c1-2-3-4-5-7-10-21-13-15-22(16-14-21)25(34)28-17-18-33-20-24(31-32-33)12-9-6-8-11-23-19-29-26(27)30-23/h13-16,19-20H,2-12,17-18H2,1H3,(H,28,34)(H3,27,29,30). The van der Waals surface area contributed by atoms with Crippen molar-refractivity contribution in [2.45, 2.75) is 84.1 Å². The third-order valence-electron chi connectivity index (χ3n) is 6.01. The van der Waals surface area contributed by atoms with Crippen molar-refractivity contribution < 1.29 is 4.79 Å². The first-order valence-electron chi connectivity index (χ1n) is 12.7. The average molecular weight is 466 g/mol. The molecule has 0 aliphatic heterocycles. The molecule has 0 saturated heterocycles. The molecule has 1 aromatic carbocycles.